The summed E-state index contributed by atoms with van der Waals surface area (Å²) in [6.45, 7) is 3.64. The Kier molecular flexibility index (Phi) is 6.95. The van der Waals surface area contributed by atoms with Gasteiger partial charge in [0, 0.05) is 37.9 Å². The van der Waals surface area contributed by atoms with Crippen LogP contribution in [0.3, 0.4) is 0 Å². The van der Waals surface area contributed by atoms with E-state index in [2.05, 4.69) is 0 Å². The fourth-order valence-corrected chi connectivity index (χ4v) is 4.20. The molecule has 2 aliphatic rings. The van der Waals surface area contributed by atoms with Crippen LogP contribution >= 0.6 is 0 Å². The highest BCUT2D eigenvalue weighted by Gasteiger charge is 2.40. The van der Waals surface area contributed by atoms with E-state index in [9.17, 15) is 22.8 Å². The first-order valence-corrected chi connectivity index (χ1v) is 11.3. The molecule has 0 unspecified atom stereocenters. The minimum atomic E-state index is -4.59. The zero-order valence-electron chi connectivity index (χ0n) is 18.8. The standard InChI is InChI=1S/C25H26F3NO5/c1-2-22(30)18-3-5-20(6-4-18)34-21-14-17(13-19(16-21)25(26,27)28)15-23(31)29-9-7-24(8-10-29)32-11-12-33-24/h3-6,13-14,16H,2,7-12,15H2,1H3. The number of benzene rings is 2. The Labute approximate surface area is 195 Å². The van der Waals surface area contributed by atoms with Gasteiger partial charge in [-0.15, -0.1) is 0 Å². The van der Waals surface area contributed by atoms with E-state index in [-0.39, 0.29) is 29.4 Å². The molecule has 2 aliphatic heterocycles. The lowest BCUT2D eigenvalue weighted by Gasteiger charge is -2.37. The summed E-state index contributed by atoms with van der Waals surface area (Å²) >= 11 is 0. The number of ether oxygens (including phenoxy) is 3. The zero-order valence-corrected chi connectivity index (χ0v) is 18.8. The molecule has 0 atom stereocenters. The maximum Gasteiger partial charge on any atom is 0.416 e. The van der Waals surface area contributed by atoms with Crippen molar-refractivity contribution in [3.8, 4) is 11.5 Å². The van der Waals surface area contributed by atoms with Crippen LogP contribution in [0.2, 0.25) is 0 Å². The predicted octanol–water partition coefficient (Wildman–Crippen LogP) is 5.00. The number of ketones is 1. The van der Waals surface area contributed by atoms with Crippen LogP contribution in [0.1, 0.15) is 47.7 Å². The number of Topliss-reactive ketones (excluding diaryl/α,β-unsaturated/α-hetero) is 1. The SMILES string of the molecule is CCC(=O)c1ccc(Oc2cc(CC(=O)N3CCC4(CC3)OCCO4)cc(C(F)(F)F)c2)cc1. The van der Waals surface area contributed by atoms with E-state index in [1.807, 2.05) is 0 Å². The van der Waals surface area contributed by atoms with Gasteiger partial charge in [-0.25, -0.2) is 0 Å². The molecule has 9 heteroatoms. The Morgan fingerprint density at radius 2 is 1.65 bits per heavy atom. The van der Waals surface area contributed by atoms with Gasteiger partial charge in [-0.05, 0) is 48.0 Å². The van der Waals surface area contributed by atoms with Gasteiger partial charge in [-0.1, -0.05) is 6.92 Å². The number of piperidine rings is 1. The van der Waals surface area contributed by atoms with Gasteiger partial charge in [-0.3, -0.25) is 9.59 Å². The molecule has 2 heterocycles. The van der Waals surface area contributed by atoms with Gasteiger partial charge in [0.05, 0.1) is 25.2 Å². The van der Waals surface area contributed by atoms with Crippen molar-refractivity contribution in [2.24, 2.45) is 0 Å². The molecule has 2 aromatic rings. The van der Waals surface area contributed by atoms with Crippen LogP contribution in [0.4, 0.5) is 13.2 Å². The van der Waals surface area contributed by atoms with E-state index in [0.29, 0.717) is 56.9 Å². The van der Waals surface area contributed by atoms with Crippen LogP contribution in [0.25, 0.3) is 0 Å². The lowest BCUT2D eigenvalue weighted by atomic mass is 10.0. The van der Waals surface area contributed by atoms with E-state index in [4.69, 9.17) is 14.2 Å². The molecule has 2 saturated heterocycles. The zero-order chi connectivity index (χ0) is 24.3. The number of halogens is 3. The summed E-state index contributed by atoms with van der Waals surface area (Å²) in [5, 5.41) is 0. The largest absolute Gasteiger partial charge is 0.457 e. The van der Waals surface area contributed by atoms with Crippen molar-refractivity contribution < 1.29 is 37.0 Å². The van der Waals surface area contributed by atoms with E-state index in [0.717, 1.165) is 12.1 Å². The molecule has 34 heavy (non-hydrogen) atoms. The van der Waals surface area contributed by atoms with Crippen LogP contribution in [-0.4, -0.2) is 48.7 Å². The second-order valence-corrected chi connectivity index (χ2v) is 8.43. The lowest BCUT2D eigenvalue weighted by molar-refractivity contribution is -0.187. The summed E-state index contributed by atoms with van der Waals surface area (Å²) in [4.78, 5) is 26.2. The lowest BCUT2D eigenvalue weighted by Crippen LogP contribution is -2.47. The third kappa shape index (κ3) is 5.59. The summed E-state index contributed by atoms with van der Waals surface area (Å²) in [7, 11) is 0. The van der Waals surface area contributed by atoms with E-state index >= 15 is 0 Å². The van der Waals surface area contributed by atoms with Crippen LogP contribution in [0.15, 0.2) is 42.5 Å². The highest BCUT2D eigenvalue weighted by molar-refractivity contribution is 5.95. The Hall–Kier alpha value is -2.91. The third-order valence-electron chi connectivity index (χ3n) is 6.07. The molecule has 0 radical (unpaired) electrons. The number of alkyl halides is 3. The minimum absolute atomic E-state index is 0.0301. The molecular formula is C25H26F3NO5. The fraction of sp³-hybridized carbons (Fsp3) is 0.440. The first kappa shape index (κ1) is 24.2. The molecule has 0 aliphatic carbocycles. The van der Waals surface area contributed by atoms with Gasteiger partial charge in [-0.2, -0.15) is 13.2 Å². The number of rotatable bonds is 6. The number of nitrogens with zero attached hydrogens (tertiary/aromatic N) is 1. The Morgan fingerprint density at radius 3 is 2.24 bits per heavy atom. The van der Waals surface area contributed by atoms with E-state index in [1.54, 1.807) is 24.0 Å². The monoisotopic (exact) mass is 477 g/mol. The third-order valence-corrected chi connectivity index (χ3v) is 6.07. The van der Waals surface area contributed by atoms with Crippen LogP contribution < -0.4 is 4.74 Å². The highest BCUT2D eigenvalue weighted by atomic mass is 19.4. The average molecular weight is 477 g/mol. The van der Waals surface area contributed by atoms with Gasteiger partial charge in [0.2, 0.25) is 5.91 Å². The van der Waals surface area contributed by atoms with Gasteiger partial charge in [0.1, 0.15) is 11.5 Å². The van der Waals surface area contributed by atoms with Crippen molar-refractivity contribution >= 4 is 11.7 Å². The van der Waals surface area contributed by atoms with Gasteiger partial charge < -0.3 is 19.1 Å². The number of carbonyl (C=O) groups is 2. The maximum absolute atomic E-state index is 13.5. The molecule has 2 aromatic carbocycles. The molecule has 6 nitrogen and oxygen atoms in total. The summed E-state index contributed by atoms with van der Waals surface area (Å²) in [6, 6.07) is 9.52. The van der Waals surface area contributed by atoms with Crippen LogP contribution in [-0.2, 0) is 26.9 Å². The summed E-state index contributed by atoms with van der Waals surface area (Å²) in [6.07, 6.45) is -3.36. The summed E-state index contributed by atoms with van der Waals surface area (Å²) < 4.78 is 57.5. The topological polar surface area (TPSA) is 65.1 Å². The van der Waals surface area contributed by atoms with E-state index < -0.39 is 17.5 Å². The quantitative estimate of drug-likeness (QED) is 0.548. The average Bonchev–Trinajstić information content (AvgIpc) is 3.26. The number of hydrogen-bond acceptors (Lipinski definition) is 5. The summed E-state index contributed by atoms with van der Waals surface area (Å²) in [5.41, 5.74) is -0.181. The van der Waals surface area contributed by atoms with Gasteiger partial charge in [0.15, 0.2) is 11.6 Å². The Morgan fingerprint density at radius 1 is 1.00 bits per heavy atom. The van der Waals surface area contributed by atoms with Crippen molar-refractivity contribution in [2.75, 3.05) is 26.3 Å². The van der Waals surface area contributed by atoms with Crippen molar-refractivity contribution in [3.05, 3.63) is 59.2 Å². The molecule has 0 saturated carbocycles. The van der Waals surface area contributed by atoms with Crippen molar-refractivity contribution in [1.29, 1.82) is 0 Å². The first-order valence-electron chi connectivity index (χ1n) is 11.3. The molecule has 4 rings (SSSR count). The minimum Gasteiger partial charge on any atom is -0.457 e. The number of hydrogen-bond donors (Lipinski definition) is 0. The Bertz CT molecular complexity index is 1040. The molecule has 1 spiro atoms. The molecule has 2 fully saturated rings. The van der Waals surface area contributed by atoms with Gasteiger partial charge in [0.25, 0.3) is 0 Å². The molecule has 0 aromatic heterocycles. The molecule has 0 N–H and O–H groups in total. The normalized spacial score (nSPS) is 17.7. The maximum atomic E-state index is 13.5. The van der Waals surface area contributed by atoms with Crippen molar-refractivity contribution in [2.45, 2.75) is 44.6 Å². The first-order chi connectivity index (χ1) is 16.2. The van der Waals surface area contributed by atoms with Crippen LogP contribution in [0, 0.1) is 0 Å². The van der Waals surface area contributed by atoms with Crippen LogP contribution in [0.5, 0.6) is 11.5 Å². The molecule has 0 bridgehead atoms. The second kappa shape index (κ2) is 9.76. The molecule has 182 valence electrons. The fourth-order valence-electron chi connectivity index (χ4n) is 4.20. The Balaban J connectivity index is 1.48. The summed E-state index contributed by atoms with van der Waals surface area (Å²) in [5.74, 6) is -0.674. The number of carbonyl (C=O) groups excluding carboxylic acids is 2. The molecular weight excluding hydrogens is 451 g/mol. The smallest absolute Gasteiger partial charge is 0.416 e. The van der Waals surface area contributed by atoms with Crippen molar-refractivity contribution in [3.63, 3.8) is 0 Å². The van der Waals surface area contributed by atoms with Gasteiger partial charge >= 0.3 is 6.18 Å². The predicted molar refractivity (Wildman–Crippen MR) is 117 cm³/mol. The second-order valence-electron chi connectivity index (χ2n) is 8.43. The number of amides is 1. The highest BCUT2D eigenvalue weighted by Crippen LogP contribution is 2.35. The number of likely N-dealkylation sites (tertiary alicyclic amines) is 1. The van der Waals surface area contributed by atoms with E-state index in [1.165, 1.54) is 18.2 Å². The van der Waals surface area contributed by atoms with Crippen molar-refractivity contribution in [1.82, 2.24) is 4.90 Å². The molecule has 1 amide bonds.